The number of hydrogen-bond donors (Lipinski definition) is 1. The van der Waals surface area contributed by atoms with Crippen molar-refractivity contribution in [1.82, 2.24) is 4.98 Å². The summed E-state index contributed by atoms with van der Waals surface area (Å²) < 4.78 is 0. The van der Waals surface area contributed by atoms with Gasteiger partial charge in [0.2, 0.25) is 0 Å². The number of halogens is 1. The van der Waals surface area contributed by atoms with Gasteiger partial charge < -0.3 is 5.73 Å². The lowest BCUT2D eigenvalue weighted by atomic mass is 10.1. The van der Waals surface area contributed by atoms with Crippen molar-refractivity contribution in [3.63, 3.8) is 0 Å². The van der Waals surface area contributed by atoms with Crippen molar-refractivity contribution in [1.29, 1.82) is 0 Å². The van der Waals surface area contributed by atoms with Crippen LogP contribution in [0.3, 0.4) is 0 Å². The van der Waals surface area contributed by atoms with E-state index in [2.05, 4.69) is 11.1 Å². The van der Waals surface area contributed by atoms with Crippen LogP contribution in [0.4, 0.5) is 5.13 Å². The van der Waals surface area contributed by atoms with Gasteiger partial charge in [0.15, 0.2) is 5.13 Å². The zero-order valence-electron chi connectivity index (χ0n) is 9.25. The van der Waals surface area contributed by atoms with Gasteiger partial charge in [-0.05, 0) is 31.0 Å². The molecule has 0 unspecified atom stereocenters. The SMILES string of the molecule is Cc1ccc(Cc2sc(N)nc2C)cc1Cl. The van der Waals surface area contributed by atoms with Gasteiger partial charge in [0.05, 0.1) is 5.69 Å². The lowest BCUT2D eigenvalue weighted by Crippen LogP contribution is -1.88. The van der Waals surface area contributed by atoms with E-state index < -0.39 is 0 Å². The van der Waals surface area contributed by atoms with E-state index in [1.165, 1.54) is 10.4 Å². The topological polar surface area (TPSA) is 38.9 Å². The molecular weight excluding hydrogens is 240 g/mol. The second-order valence-electron chi connectivity index (χ2n) is 3.82. The van der Waals surface area contributed by atoms with Crippen molar-refractivity contribution >= 4 is 28.1 Å². The maximum atomic E-state index is 6.09. The largest absolute Gasteiger partial charge is 0.375 e. The predicted octanol–water partition coefficient (Wildman–Crippen LogP) is 3.59. The van der Waals surface area contributed by atoms with Crippen molar-refractivity contribution in [2.45, 2.75) is 20.3 Å². The Bertz CT molecular complexity index is 520. The Kier molecular flexibility index (Phi) is 3.17. The molecule has 0 aliphatic rings. The summed E-state index contributed by atoms with van der Waals surface area (Å²) >= 11 is 7.63. The number of rotatable bonds is 2. The number of benzene rings is 1. The quantitative estimate of drug-likeness (QED) is 0.887. The number of aryl methyl sites for hydroxylation is 2. The monoisotopic (exact) mass is 252 g/mol. The van der Waals surface area contributed by atoms with Crippen LogP contribution in [0.15, 0.2) is 18.2 Å². The highest BCUT2D eigenvalue weighted by Crippen LogP contribution is 2.25. The van der Waals surface area contributed by atoms with Crippen LogP contribution >= 0.6 is 22.9 Å². The van der Waals surface area contributed by atoms with Gasteiger partial charge >= 0.3 is 0 Å². The van der Waals surface area contributed by atoms with Crippen LogP contribution in [0.25, 0.3) is 0 Å². The Morgan fingerprint density at radius 3 is 2.69 bits per heavy atom. The zero-order valence-corrected chi connectivity index (χ0v) is 10.8. The van der Waals surface area contributed by atoms with E-state index in [0.29, 0.717) is 5.13 Å². The number of nitrogens with two attached hydrogens (primary N) is 1. The fourth-order valence-corrected chi connectivity index (χ4v) is 2.62. The van der Waals surface area contributed by atoms with Crippen LogP contribution < -0.4 is 5.73 Å². The smallest absolute Gasteiger partial charge is 0.180 e. The van der Waals surface area contributed by atoms with Crippen LogP contribution in [0.2, 0.25) is 5.02 Å². The van der Waals surface area contributed by atoms with Gasteiger partial charge in [-0.25, -0.2) is 4.98 Å². The van der Waals surface area contributed by atoms with E-state index in [1.54, 1.807) is 11.3 Å². The number of nitrogens with zero attached hydrogens (tertiary/aromatic N) is 1. The van der Waals surface area contributed by atoms with E-state index >= 15 is 0 Å². The lowest BCUT2D eigenvalue weighted by molar-refractivity contribution is 1.15. The molecule has 0 radical (unpaired) electrons. The number of anilines is 1. The predicted molar refractivity (Wildman–Crippen MR) is 70.3 cm³/mol. The number of thiazole rings is 1. The molecule has 2 nitrogen and oxygen atoms in total. The number of nitrogen functional groups attached to an aromatic ring is 1. The van der Waals surface area contributed by atoms with E-state index in [-0.39, 0.29) is 0 Å². The Labute approximate surface area is 104 Å². The third-order valence-electron chi connectivity index (χ3n) is 2.51. The first-order chi connectivity index (χ1) is 7.56. The van der Waals surface area contributed by atoms with Crippen LogP contribution in [0.5, 0.6) is 0 Å². The molecule has 2 N–H and O–H groups in total. The van der Waals surface area contributed by atoms with Gasteiger partial charge in [-0.15, -0.1) is 11.3 Å². The Morgan fingerprint density at radius 2 is 2.12 bits per heavy atom. The van der Waals surface area contributed by atoms with Gasteiger partial charge in [0.25, 0.3) is 0 Å². The molecule has 0 bridgehead atoms. The van der Waals surface area contributed by atoms with Gasteiger partial charge in [-0.3, -0.25) is 0 Å². The zero-order chi connectivity index (χ0) is 11.7. The van der Waals surface area contributed by atoms with Crippen molar-refractivity contribution in [3.05, 3.63) is 44.9 Å². The molecule has 1 aromatic heterocycles. The van der Waals surface area contributed by atoms with Crippen molar-refractivity contribution in [2.75, 3.05) is 5.73 Å². The molecule has 2 aromatic rings. The van der Waals surface area contributed by atoms with Gasteiger partial charge in [0, 0.05) is 16.3 Å². The summed E-state index contributed by atoms with van der Waals surface area (Å²) in [5, 5.41) is 1.44. The summed E-state index contributed by atoms with van der Waals surface area (Å²) in [6, 6.07) is 6.14. The second kappa shape index (κ2) is 4.44. The van der Waals surface area contributed by atoms with E-state index in [4.69, 9.17) is 17.3 Å². The molecule has 0 fully saturated rings. The first kappa shape index (κ1) is 11.4. The van der Waals surface area contributed by atoms with Crippen LogP contribution in [0, 0.1) is 13.8 Å². The summed E-state index contributed by atoms with van der Waals surface area (Å²) in [7, 11) is 0. The second-order valence-corrected chi connectivity index (χ2v) is 5.34. The highest BCUT2D eigenvalue weighted by atomic mass is 35.5. The molecule has 0 amide bonds. The fraction of sp³-hybridized carbons (Fsp3) is 0.250. The Hall–Kier alpha value is -1.06. The molecular formula is C12H13ClN2S. The normalized spacial score (nSPS) is 10.7. The van der Waals surface area contributed by atoms with Crippen molar-refractivity contribution in [2.24, 2.45) is 0 Å². The van der Waals surface area contributed by atoms with Gasteiger partial charge in [-0.2, -0.15) is 0 Å². The highest BCUT2D eigenvalue weighted by Gasteiger charge is 2.07. The Balaban J connectivity index is 2.27. The first-order valence-corrected chi connectivity index (χ1v) is 6.22. The number of aromatic nitrogens is 1. The molecule has 0 saturated carbocycles. The van der Waals surface area contributed by atoms with Gasteiger partial charge in [0.1, 0.15) is 0 Å². The molecule has 0 saturated heterocycles. The third-order valence-corrected chi connectivity index (χ3v) is 3.90. The average molecular weight is 253 g/mol. The van der Waals surface area contributed by atoms with E-state index in [9.17, 15) is 0 Å². The van der Waals surface area contributed by atoms with Crippen LogP contribution in [-0.2, 0) is 6.42 Å². The van der Waals surface area contributed by atoms with Crippen LogP contribution in [0.1, 0.15) is 21.7 Å². The Morgan fingerprint density at radius 1 is 1.38 bits per heavy atom. The highest BCUT2D eigenvalue weighted by molar-refractivity contribution is 7.15. The summed E-state index contributed by atoms with van der Waals surface area (Å²) in [6.45, 7) is 3.99. The number of hydrogen-bond acceptors (Lipinski definition) is 3. The molecule has 0 spiro atoms. The minimum atomic E-state index is 0.630. The summed E-state index contributed by atoms with van der Waals surface area (Å²) in [6.07, 6.45) is 0.848. The molecule has 1 heterocycles. The summed E-state index contributed by atoms with van der Waals surface area (Å²) in [4.78, 5) is 5.42. The minimum absolute atomic E-state index is 0.630. The summed E-state index contributed by atoms with van der Waals surface area (Å²) in [5.41, 5.74) is 8.98. The lowest BCUT2D eigenvalue weighted by Gasteiger charge is -2.02. The molecule has 0 atom stereocenters. The van der Waals surface area contributed by atoms with Gasteiger partial charge in [-0.1, -0.05) is 23.7 Å². The molecule has 4 heteroatoms. The summed E-state index contributed by atoms with van der Waals surface area (Å²) in [5.74, 6) is 0. The van der Waals surface area contributed by atoms with E-state index in [1.807, 2.05) is 26.0 Å². The molecule has 16 heavy (non-hydrogen) atoms. The molecule has 0 aliphatic heterocycles. The molecule has 84 valence electrons. The van der Waals surface area contributed by atoms with Crippen LogP contribution in [-0.4, -0.2) is 4.98 Å². The minimum Gasteiger partial charge on any atom is -0.375 e. The van der Waals surface area contributed by atoms with Crippen molar-refractivity contribution < 1.29 is 0 Å². The van der Waals surface area contributed by atoms with Crippen molar-refractivity contribution in [3.8, 4) is 0 Å². The molecule has 2 rings (SSSR count). The maximum absolute atomic E-state index is 6.09. The maximum Gasteiger partial charge on any atom is 0.180 e. The molecule has 0 aliphatic carbocycles. The standard InChI is InChI=1S/C12H13ClN2S/c1-7-3-4-9(5-10(7)13)6-11-8(2)15-12(14)16-11/h3-5H,6H2,1-2H3,(H2,14,15). The fourth-order valence-electron chi connectivity index (χ4n) is 1.55. The van der Waals surface area contributed by atoms with E-state index in [0.717, 1.165) is 22.7 Å². The molecule has 1 aromatic carbocycles. The first-order valence-electron chi connectivity index (χ1n) is 5.03. The third kappa shape index (κ3) is 2.36. The average Bonchev–Trinajstić information content (AvgIpc) is 2.51.